The van der Waals surface area contributed by atoms with Gasteiger partial charge in [0.05, 0.1) is 6.54 Å². The van der Waals surface area contributed by atoms with Crippen molar-refractivity contribution in [1.82, 2.24) is 14.9 Å². The number of nitrogens with zero attached hydrogens (tertiary/aromatic N) is 3. The van der Waals surface area contributed by atoms with E-state index in [0.717, 1.165) is 24.3 Å². The highest BCUT2D eigenvalue weighted by Gasteiger charge is 2.24. The highest BCUT2D eigenvalue weighted by molar-refractivity contribution is 7.10. The monoisotopic (exact) mass is 329 g/mol. The predicted molar refractivity (Wildman–Crippen MR) is 90.4 cm³/mol. The Morgan fingerprint density at radius 1 is 1.48 bits per heavy atom. The van der Waals surface area contributed by atoms with E-state index in [-0.39, 0.29) is 12.0 Å². The van der Waals surface area contributed by atoms with Gasteiger partial charge in [0.2, 0.25) is 11.8 Å². The number of piperidine rings is 1. The quantitative estimate of drug-likeness (QED) is 0.809. The standard InChI is InChI=1S/C17H19N3O2S/c1-13-18-9-8-16(19-13)22-14-4-2-10-20(12-14)17(21)7-6-15-5-3-11-23-15/h3,5-9,11,14H,2,4,10,12H2,1H3. The van der Waals surface area contributed by atoms with Gasteiger partial charge in [-0.2, -0.15) is 4.98 Å². The molecule has 0 spiro atoms. The maximum absolute atomic E-state index is 12.3. The smallest absolute Gasteiger partial charge is 0.246 e. The molecule has 0 aliphatic carbocycles. The molecule has 1 aliphatic rings. The largest absolute Gasteiger partial charge is 0.472 e. The summed E-state index contributed by atoms with van der Waals surface area (Å²) in [4.78, 5) is 23.5. The number of likely N-dealkylation sites (tertiary alicyclic amines) is 1. The van der Waals surface area contributed by atoms with E-state index in [1.807, 2.05) is 35.4 Å². The van der Waals surface area contributed by atoms with Crippen LogP contribution in [0, 0.1) is 6.92 Å². The minimum Gasteiger partial charge on any atom is -0.472 e. The average molecular weight is 329 g/mol. The summed E-state index contributed by atoms with van der Waals surface area (Å²) < 4.78 is 5.90. The maximum atomic E-state index is 12.3. The molecule has 2 aromatic rings. The molecule has 0 N–H and O–H groups in total. The van der Waals surface area contributed by atoms with Gasteiger partial charge < -0.3 is 9.64 Å². The van der Waals surface area contributed by atoms with Crippen molar-refractivity contribution in [1.29, 1.82) is 0 Å². The van der Waals surface area contributed by atoms with Gasteiger partial charge in [-0.1, -0.05) is 6.07 Å². The van der Waals surface area contributed by atoms with Crippen molar-refractivity contribution in [2.24, 2.45) is 0 Å². The Morgan fingerprint density at radius 3 is 3.17 bits per heavy atom. The molecule has 0 radical (unpaired) electrons. The van der Waals surface area contributed by atoms with Crippen LogP contribution in [0.2, 0.25) is 0 Å². The molecule has 0 bridgehead atoms. The van der Waals surface area contributed by atoms with Crippen LogP contribution in [0.5, 0.6) is 5.88 Å². The number of aromatic nitrogens is 2. The van der Waals surface area contributed by atoms with Gasteiger partial charge in [-0.15, -0.1) is 11.3 Å². The first kappa shape index (κ1) is 15.7. The zero-order chi connectivity index (χ0) is 16.1. The highest BCUT2D eigenvalue weighted by atomic mass is 32.1. The fourth-order valence-corrected chi connectivity index (χ4v) is 3.17. The summed E-state index contributed by atoms with van der Waals surface area (Å²) >= 11 is 1.62. The maximum Gasteiger partial charge on any atom is 0.246 e. The lowest BCUT2D eigenvalue weighted by molar-refractivity contribution is -0.128. The van der Waals surface area contributed by atoms with Gasteiger partial charge in [0.25, 0.3) is 0 Å². The van der Waals surface area contributed by atoms with Crippen LogP contribution < -0.4 is 4.74 Å². The number of carbonyl (C=O) groups is 1. The van der Waals surface area contributed by atoms with Crippen molar-refractivity contribution < 1.29 is 9.53 Å². The minimum absolute atomic E-state index is 0.0165. The fraction of sp³-hybridized carbons (Fsp3) is 0.353. The summed E-state index contributed by atoms with van der Waals surface area (Å²) in [5.41, 5.74) is 0. The van der Waals surface area contributed by atoms with E-state index in [1.165, 1.54) is 0 Å². The van der Waals surface area contributed by atoms with Crippen molar-refractivity contribution in [3.63, 3.8) is 0 Å². The van der Waals surface area contributed by atoms with Crippen LogP contribution in [-0.4, -0.2) is 40.0 Å². The third-order valence-corrected chi connectivity index (χ3v) is 4.50. The van der Waals surface area contributed by atoms with Gasteiger partial charge in [0.15, 0.2) is 0 Å². The molecule has 23 heavy (non-hydrogen) atoms. The molecule has 0 aromatic carbocycles. The lowest BCUT2D eigenvalue weighted by Gasteiger charge is -2.32. The number of thiophene rings is 1. The first-order chi connectivity index (χ1) is 11.2. The molecular weight excluding hydrogens is 310 g/mol. The van der Waals surface area contributed by atoms with Gasteiger partial charge >= 0.3 is 0 Å². The van der Waals surface area contributed by atoms with E-state index < -0.39 is 0 Å². The summed E-state index contributed by atoms with van der Waals surface area (Å²) in [6.07, 6.45) is 7.05. The topological polar surface area (TPSA) is 55.3 Å². The van der Waals surface area contributed by atoms with Gasteiger partial charge in [-0.05, 0) is 37.3 Å². The lowest BCUT2D eigenvalue weighted by atomic mass is 10.1. The zero-order valence-electron chi connectivity index (χ0n) is 13.0. The Balaban J connectivity index is 1.58. The van der Waals surface area contributed by atoms with E-state index in [0.29, 0.717) is 18.2 Å². The van der Waals surface area contributed by atoms with Crippen molar-refractivity contribution in [2.75, 3.05) is 13.1 Å². The number of ether oxygens (including phenoxy) is 1. The Hall–Kier alpha value is -2.21. The summed E-state index contributed by atoms with van der Waals surface area (Å²) in [6, 6.07) is 5.72. The van der Waals surface area contributed by atoms with Crippen LogP contribution in [0.15, 0.2) is 35.9 Å². The van der Waals surface area contributed by atoms with E-state index in [4.69, 9.17) is 4.74 Å². The van der Waals surface area contributed by atoms with Gasteiger partial charge in [-0.25, -0.2) is 4.98 Å². The molecule has 2 aromatic heterocycles. The van der Waals surface area contributed by atoms with Crippen molar-refractivity contribution in [3.05, 3.63) is 46.6 Å². The molecule has 3 rings (SSSR count). The van der Waals surface area contributed by atoms with E-state index in [9.17, 15) is 4.79 Å². The second-order valence-electron chi connectivity index (χ2n) is 5.46. The van der Waals surface area contributed by atoms with Crippen LogP contribution in [0.3, 0.4) is 0 Å². The van der Waals surface area contributed by atoms with Crippen LogP contribution in [0.4, 0.5) is 0 Å². The molecule has 3 heterocycles. The number of amides is 1. The second kappa shape index (κ2) is 7.37. The van der Waals surface area contributed by atoms with Crippen LogP contribution in [-0.2, 0) is 4.79 Å². The molecule has 1 aliphatic heterocycles. The molecule has 5 nitrogen and oxygen atoms in total. The van der Waals surface area contributed by atoms with Gasteiger partial charge in [0, 0.05) is 29.8 Å². The number of hydrogen-bond acceptors (Lipinski definition) is 5. The lowest BCUT2D eigenvalue weighted by Crippen LogP contribution is -2.43. The average Bonchev–Trinajstić information content (AvgIpc) is 3.06. The number of carbonyl (C=O) groups excluding carboxylic acids is 1. The third-order valence-electron chi connectivity index (χ3n) is 3.66. The summed E-state index contributed by atoms with van der Waals surface area (Å²) in [7, 11) is 0. The molecule has 1 fully saturated rings. The van der Waals surface area contributed by atoms with E-state index in [1.54, 1.807) is 29.7 Å². The number of rotatable bonds is 4. The van der Waals surface area contributed by atoms with E-state index >= 15 is 0 Å². The molecular formula is C17H19N3O2S. The highest BCUT2D eigenvalue weighted by Crippen LogP contribution is 2.17. The van der Waals surface area contributed by atoms with Crippen molar-refractivity contribution in [2.45, 2.75) is 25.9 Å². The van der Waals surface area contributed by atoms with Crippen LogP contribution in [0.1, 0.15) is 23.5 Å². The molecule has 1 atom stereocenters. The molecule has 6 heteroatoms. The van der Waals surface area contributed by atoms with Gasteiger partial charge in [0.1, 0.15) is 11.9 Å². The normalized spacial score (nSPS) is 18.3. The molecule has 0 saturated carbocycles. The first-order valence-electron chi connectivity index (χ1n) is 7.67. The molecule has 1 saturated heterocycles. The number of hydrogen-bond donors (Lipinski definition) is 0. The van der Waals surface area contributed by atoms with Crippen LogP contribution >= 0.6 is 11.3 Å². The number of aryl methyl sites for hydroxylation is 1. The Bertz CT molecular complexity index is 685. The first-order valence-corrected chi connectivity index (χ1v) is 8.55. The zero-order valence-corrected chi connectivity index (χ0v) is 13.8. The molecule has 1 amide bonds. The Labute approximate surface area is 139 Å². The molecule has 1 unspecified atom stereocenters. The third kappa shape index (κ3) is 4.39. The molecule has 120 valence electrons. The second-order valence-corrected chi connectivity index (χ2v) is 6.44. The fourth-order valence-electron chi connectivity index (χ4n) is 2.55. The van der Waals surface area contributed by atoms with E-state index in [2.05, 4.69) is 9.97 Å². The van der Waals surface area contributed by atoms with Gasteiger partial charge in [-0.3, -0.25) is 4.79 Å². The summed E-state index contributed by atoms with van der Waals surface area (Å²) in [5, 5.41) is 2.00. The summed E-state index contributed by atoms with van der Waals surface area (Å²) in [5.74, 6) is 1.29. The Kier molecular flexibility index (Phi) is 5.02. The minimum atomic E-state index is -0.0165. The van der Waals surface area contributed by atoms with Crippen molar-refractivity contribution >= 4 is 23.3 Å². The van der Waals surface area contributed by atoms with Crippen LogP contribution in [0.25, 0.3) is 6.08 Å². The summed E-state index contributed by atoms with van der Waals surface area (Å²) in [6.45, 7) is 3.20. The SMILES string of the molecule is Cc1nccc(OC2CCCN(C(=O)C=Cc3cccs3)C2)n1. The predicted octanol–water partition coefficient (Wildman–Crippen LogP) is 2.93. The van der Waals surface area contributed by atoms with Crippen molar-refractivity contribution in [3.8, 4) is 5.88 Å². The Morgan fingerprint density at radius 2 is 2.39 bits per heavy atom.